The number of nitrogens with zero attached hydrogens (tertiary/aromatic N) is 2. The summed E-state index contributed by atoms with van der Waals surface area (Å²) in [5, 5.41) is 53.3. The summed E-state index contributed by atoms with van der Waals surface area (Å²) in [7, 11) is 0. The maximum atomic E-state index is 12.7. The second kappa shape index (κ2) is 7.07. The highest BCUT2D eigenvalue weighted by molar-refractivity contribution is 5.79. The average molecular weight is 424 g/mol. The van der Waals surface area contributed by atoms with E-state index in [1.54, 1.807) is 13.1 Å². The van der Waals surface area contributed by atoms with Crippen molar-refractivity contribution in [1.29, 1.82) is 0 Å². The van der Waals surface area contributed by atoms with Crippen LogP contribution in [0, 0.1) is 6.92 Å². The van der Waals surface area contributed by atoms with E-state index >= 15 is 0 Å². The van der Waals surface area contributed by atoms with Crippen molar-refractivity contribution in [3.8, 4) is 0 Å². The molecule has 1 aliphatic carbocycles. The fraction of sp³-hybridized carbons (Fsp3) is 0.667. The second-order valence-corrected chi connectivity index (χ2v) is 8.09. The molecule has 12 nitrogen and oxygen atoms in total. The van der Waals surface area contributed by atoms with E-state index in [0.717, 1.165) is 0 Å². The lowest BCUT2D eigenvalue weighted by molar-refractivity contribution is -0.0509. The lowest BCUT2D eigenvalue weighted by Gasteiger charge is -2.20. The summed E-state index contributed by atoms with van der Waals surface area (Å²) in [5.74, 6) is 0.363. The van der Waals surface area contributed by atoms with Gasteiger partial charge < -0.3 is 49.9 Å². The van der Waals surface area contributed by atoms with Gasteiger partial charge in [-0.05, 0) is 12.5 Å². The SMILES string of the molecule is Cc1nc2c(c(CNC3C(O)C(O)C4OC34)cn2C2OC(CO)C(O)C2O)c(=O)[nH]1. The molecular weight excluding hydrogens is 400 g/mol. The Labute approximate surface area is 169 Å². The van der Waals surface area contributed by atoms with Crippen molar-refractivity contribution >= 4 is 11.0 Å². The van der Waals surface area contributed by atoms with Gasteiger partial charge in [0.05, 0.1) is 18.0 Å². The van der Waals surface area contributed by atoms with E-state index in [1.807, 2.05) is 0 Å². The van der Waals surface area contributed by atoms with Crippen LogP contribution in [-0.2, 0) is 16.0 Å². The number of epoxide rings is 1. The molecule has 12 heteroatoms. The number of aliphatic hydroxyl groups is 5. The molecule has 0 amide bonds. The molecule has 2 saturated heterocycles. The van der Waals surface area contributed by atoms with Crippen LogP contribution in [0.15, 0.2) is 11.0 Å². The number of H-pyrrole nitrogens is 1. The number of fused-ring (bicyclic) bond motifs is 2. The van der Waals surface area contributed by atoms with Gasteiger partial charge in [0.1, 0.15) is 54.2 Å². The Kier molecular flexibility index (Phi) is 4.72. The van der Waals surface area contributed by atoms with E-state index in [2.05, 4.69) is 15.3 Å². The van der Waals surface area contributed by atoms with Crippen LogP contribution < -0.4 is 10.9 Å². The number of rotatable bonds is 5. The predicted octanol–water partition coefficient (Wildman–Crippen LogP) is -3.39. The third kappa shape index (κ3) is 2.92. The highest BCUT2D eigenvalue weighted by Crippen LogP contribution is 2.39. The van der Waals surface area contributed by atoms with Crippen LogP contribution in [0.4, 0.5) is 0 Å². The van der Waals surface area contributed by atoms with E-state index in [9.17, 15) is 30.3 Å². The Morgan fingerprint density at radius 3 is 2.53 bits per heavy atom. The normalized spacial score (nSPS) is 40.3. The van der Waals surface area contributed by atoms with E-state index in [-0.39, 0.29) is 35.3 Å². The molecule has 2 aromatic heterocycles. The first kappa shape index (κ1) is 20.0. The predicted molar refractivity (Wildman–Crippen MR) is 99.4 cm³/mol. The van der Waals surface area contributed by atoms with Crippen molar-refractivity contribution in [2.45, 2.75) is 68.5 Å². The maximum absolute atomic E-state index is 12.7. The standard InChI is InChI=1S/C18H24N4O8/c1-5-20-16-8(17(28)21-5)6(2-19-9-11(25)12(26)15-14(9)30-15)3-22(16)18-13(27)10(24)7(4-23)29-18/h3,7,9-15,18-19,23-27H,2,4H2,1H3,(H,20,21,28). The van der Waals surface area contributed by atoms with Gasteiger partial charge in [0.25, 0.3) is 5.56 Å². The van der Waals surface area contributed by atoms with E-state index in [1.165, 1.54) is 4.57 Å². The Morgan fingerprint density at radius 2 is 1.90 bits per heavy atom. The summed E-state index contributed by atoms with van der Waals surface area (Å²) in [6.07, 6.45) is -5.66. The van der Waals surface area contributed by atoms with Crippen molar-refractivity contribution in [2.24, 2.45) is 0 Å². The quantitative estimate of drug-likeness (QED) is 0.239. The van der Waals surface area contributed by atoms with Crippen LogP contribution in [0.1, 0.15) is 17.6 Å². The van der Waals surface area contributed by atoms with Gasteiger partial charge in [-0.25, -0.2) is 4.98 Å². The highest BCUT2D eigenvalue weighted by atomic mass is 16.6. The number of aromatic amines is 1. The molecule has 9 atom stereocenters. The molecule has 3 aliphatic rings. The fourth-order valence-electron chi connectivity index (χ4n) is 4.54. The minimum absolute atomic E-state index is 0.160. The smallest absolute Gasteiger partial charge is 0.260 e. The summed E-state index contributed by atoms with van der Waals surface area (Å²) in [5.41, 5.74) is 0.407. The minimum atomic E-state index is -1.33. The third-order valence-electron chi connectivity index (χ3n) is 6.17. The Bertz CT molecular complexity index is 1020. The fourth-order valence-corrected chi connectivity index (χ4v) is 4.54. The van der Waals surface area contributed by atoms with Gasteiger partial charge in [0, 0.05) is 12.7 Å². The molecule has 2 aromatic rings. The summed E-state index contributed by atoms with van der Waals surface area (Å²) in [6, 6.07) is -0.491. The summed E-state index contributed by atoms with van der Waals surface area (Å²) < 4.78 is 12.4. The van der Waals surface area contributed by atoms with Crippen LogP contribution in [0.25, 0.3) is 11.0 Å². The molecule has 4 heterocycles. The van der Waals surface area contributed by atoms with Crippen molar-refractivity contribution in [3.05, 3.63) is 27.9 Å². The van der Waals surface area contributed by atoms with Gasteiger partial charge >= 0.3 is 0 Å². The summed E-state index contributed by atoms with van der Waals surface area (Å²) >= 11 is 0. The molecule has 0 aromatic carbocycles. The van der Waals surface area contributed by atoms with Gasteiger partial charge in [0.2, 0.25) is 0 Å². The zero-order chi connectivity index (χ0) is 21.3. The van der Waals surface area contributed by atoms with Crippen molar-refractivity contribution in [3.63, 3.8) is 0 Å². The highest BCUT2D eigenvalue weighted by Gasteiger charge is 2.61. The topological polar surface area (TPSA) is 186 Å². The van der Waals surface area contributed by atoms with Crippen molar-refractivity contribution < 1.29 is 35.0 Å². The Balaban J connectivity index is 1.49. The number of aliphatic hydroxyl groups excluding tert-OH is 5. The van der Waals surface area contributed by atoms with E-state index < -0.39 is 49.4 Å². The molecule has 30 heavy (non-hydrogen) atoms. The Morgan fingerprint density at radius 1 is 1.13 bits per heavy atom. The first-order valence-corrected chi connectivity index (χ1v) is 9.79. The van der Waals surface area contributed by atoms with Gasteiger partial charge in [-0.2, -0.15) is 0 Å². The monoisotopic (exact) mass is 424 g/mol. The van der Waals surface area contributed by atoms with Gasteiger partial charge in [-0.3, -0.25) is 4.79 Å². The maximum Gasteiger partial charge on any atom is 0.260 e. The molecular formula is C18H24N4O8. The average Bonchev–Trinajstić information content (AvgIpc) is 3.26. The number of hydrogen-bond acceptors (Lipinski definition) is 10. The molecule has 0 spiro atoms. The zero-order valence-electron chi connectivity index (χ0n) is 16.0. The molecule has 164 valence electrons. The number of aryl methyl sites for hydroxylation is 1. The van der Waals surface area contributed by atoms with Crippen LogP contribution in [0.3, 0.4) is 0 Å². The number of hydrogen-bond donors (Lipinski definition) is 7. The molecule has 1 saturated carbocycles. The molecule has 5 rings (SSSR count). The molecule has 0 bridgehead atoms. The lowest BCUT2D eigenvalue weighted by Crippen LogP contribution is -2.44. The van der Waals surface area contributed by atoms with E-state index in [4.69, 9.17) is 9.47 Å². The van der Waals surface area contributed by atoms with Crippen molar-refractivity contribution in [1.82, 2.24) is 19.9 Å². The first-order chi connectivity index (χ1) is 14.3. The van der Waals surface area contributed by atoms with Gasteiger partial charge in [-0.1, -0.05) is 0 Å². The van der Waals surface area contributed by atoms with Crippen LogP contribution in [0.5, 0.6) is 0 Å². The van der Waals surface area contributed by atoms with Crippen LogP contribution >= 0.6 is 0 Å². The third-order valence-corrected chi connectivity index (χ3v) is 6.17. The van der Waals surface area contributed by atoms with Crippen LogP contribution in [-0.4, -0.2) is 95.4 Å². The van der Waals surface area contributed by atoms with Gasteiger partial charge in [-0.15, -0.1) is 0 Å². The number of aromatic nitrogens is 3. The molecule has 7 N–H and O–H groups in total. The summed E-state index contributed by atoms with van der Waals surface area (Å²) in [4.78, 5) is 19.7. The number of nitrogens with one attached hydrogen (secondary N) is 2. The zero-order valence-corrected chi connectivity index (χ0v) is 16.0. The first-order valence-electron chi connectivity index (χ1n) is 9.79. The van der Waals surface area contributed by atoms with E-state index in [0.29, 0.717) is 11.4 Å². The molecule has 2 aliphatic heterocycles. The second-order valence-electron chi connectivity index (χ2n) is 8.09. The lowest BCUT2D eigenvalue weighted by atomic mass is 10.1. The largest absolute Gasteiger partial charge is 0.394 e. The molecule has 3 fully saturated rings. The molecule has 0 radical (unpaired) electrons. The van der Waals surface area contributed by atoms with Gasteiger partial charge in [0.15, 0.2) is 6.23 Å². The Hall–Kier alpha value is -1.90. The molecule has 9 unspecified atom stereocenters. The minimum Gasteiger partial charge on any atom is -0.394 e. The van der Waals surface area contributed by atoms with Crippen LogP contribution in [0.2, 0.25) is 0 Å². The summed E-state index contributed by atoms with van der Waals surface area (Å²) in [6.45, 7) is 1.31. The number of ether oxygens (including phenoxy) is 2. The van der Waals surface area contributed by atoms with Crippen molar-refractivity contribution in [2.75, 3.05) is 6.61 Å².